The van der Waals surface area contributed by atoms with Crippen LogP contribution >= 0.6 is 0 Å². The number of urea groups is 1. The van der Waals surface area contributed by atoms with Gasteiger partial charge >= 0.3 is 6.03 Å². The summed E-state index contributed by atoms with van der Waals surface area (Å²) in [5, 5.41) is 2.87. The van der Waals surface area contributed by atoms with Crippen molar-refractivity contribution in [1.29, 1.82) is 0 Å². The molecule has 0 fully saturated rings. The molecule has 1 aromatic carbocycles. The molecule has 0 saturated carbocycles. The van der Waals surface area contributed by atoms with Crippen LogP contribution in [0.15, 0.2) is 24.3 Å². The minimum absolute atomic E-state index is 0.0974. The lowest BCUT2D eigenvalue weighted by Crippen LogP contribution is -2.36. The fraction of sp³-hybridized carbons (Fsp3) is 0.533. The third-order valence-corrected chi connectivity index (χ3v) is 3.30. The Morgan fingerprint density at radius 3 is 2.42 bits per heavy atom. The van der Waals surface area contributed by atoms with Crippen molar-refractivity contribution in [3.05, 3.63) is 29.8 Å². The molecule has 19 heavy (non-hydrogen) atoms. The molecule has 4 heteroatoms. The molecular weight excluding hydrogens is 238 g/mol. The standard InChI is InChI=1S/C15H25N3O/c1-11(2)14(16)9-10-18(4)15(19)17-13-7-5-12(3)6-8-13/h5-8,11,14H,9-10,16H2,1-4H3,(H,17,19). The second-order valence-corrected chi connectivity index (χ2v) is 5.41. The number of hydrogen-bond acceptors (Lipinski definition) is 2. The smallest absolute Gasteiger partial charge is 0.321 e. The number of amides is 2. The summed E-state index contributed by atoms with van der Waals surface area (Å²) in [6.07, 6.45) is 0.815. The van der Waals surface area contributed by atoms with E-state index < -0.39 is 0 Å². The molecule has 0 aliphatic heterocycles. The topological polar surface area (TPSA) is 58.4 Å². The van der Waals surface area contributed by atoms with Gasteiger partial charge in [-0.2, -0.15) is 0 Å². The van der Waals surface area contributed by atoms with Gasteiger partial charge in [-0.05, 0) is 31.4 Å². The Hall–Kier alpha value is -1.55. The van der Waals surface area contributed by atoms with E-state index in [1.54, 1.807) is 11.9 Å². The van der Waals surface area contributed by atoms with E-state index in [4.69, 9.17) is 5.73 Å². The average molecular weight is 263 g/mol. The number of rotatable bonds is 5. The normalized spacial score (nSPS) is 12.3. The highest BCUT2D eigenvalue weighted by atomic mass is 16.2. The van der Waals surface area contributed by atoms with Crippen molar-refractivity contribution < 1.29 is 4.79 Å². The molecular formula is C15H25N3O. The maximum atomic E-state index is 12.0. The molecule has 2 amide bonds. The predicted octanol–water partition coefficient (Wildman–Crippen LogP) is 2.83. The van der Waals surface area contributed by atoms with Gasteiger partial charge in [0.25, 0.3) is 0 Å². The van der Waals surface area contributed by atoms with Gasteiger partial charge in [-0.1, -0.05) is 31.5 Å². The van der Waals surface area contributed by atoms with E-state index in [0.29, 0.717) is 12.5 Å². The lowest BCUT2D eigenvalue weighted by molar-refractivity contribution is 0.219. The number of benzene rings is 1. The van der Waals surface area contributed by atoms with Crippen LogP contribution < -0.4 is 11.1 Å². The number of hydrogen-bond donors (Lipinski definition) is 2. The molecule has 0 radical (unpaired) electrons. The van der Waals surface area contributed by atoms with Crippen LogP contribution in [0.4, 0.5) is 10.5 Å². The second-order valence-electron chi connectivity index (χ2n) is 5.41. The fourth-order valence-corrected chi connectivity index (χ4v) is 1.63. The zero-order valence-electron chi connectivity index (χ0n) is 12.3. The highest BCUT2D eigenvalue weighted by Gasteiger charge is 2.12. The quantitative estimate of drug-likeness (QED) is 0.858. The van der Waals surface area contributed by atoms with E-state index in [9.17, 15) is 4.79 Å². The van der Waals surface area contributed by atoms with Crippen molar-refractivity contribution in [2.24, 2.45) is 11.7 Å². The molecule has 1 atom stereocenters. The Morgan fingerprint density at radius 2 is 1.89 bits per heavy atom. The maximum Gasteiger partial charge on any atom is 0.321 e. The van der Waals surface area contributed by atoms with Crippen molar-refractivity contribution in [1.82, 2.24) is 4.90 Å². The van der Waals surface area contributed by atoms with Gasteiger partial charge < -0.3 is 16.0 Å². The molecule has 0 heterocycles. The lowest BCUT2D eigenvalue weighted by Gasteiger charge is -2.22. The molecule has 106 valence electrons. The zero-order chi connectivity index (χ0) is 14.4. The number of carbonyl (C=O) groups excluding carboxylic acids is 1. The molecule has 0 spiro atoms. The minimum atomic E-state index is -0.0974. The van der Waals surface area contributed by atoms with Crippen molar-refractivity contribution in [2.45, 2.75) is 33.2 Å². The Labute approximate surface area is 116 Å². The Kier molecular flexibility index (Phi) is 5.83. The minimum Gasteiger partial charge on any atom is -0.328 e. The van der Waals surface area contributed by atoms with Crippen molar-refractivity contribution in [2.75, 3.05) is 18.9 Å². The Morgan fingerprint density at radius 1 is 1.32 bits per heavy atom. The Balaban J connectivity index is 2.42. The van der Waals surface area contributed by atoms with E-state index in [1.807, 2.05) is 31.2 Å². The van der Waals surface area contributed by atoms with Crippen LogP contribution in [0.5, 0.6) is 0 Å². The summed E-state index contributed by atoms with van der Waals surface area (Å²) >= 11 is 0. The number of carbonyl (C=O) groups is 1. The molecule has 0 aliphatic carbocycles. The largest absolute Gasteiger partial charge is 0.328 e. The van der Waals surface area contributed by atoms with Gasteiger partial charge in [0, 0.05) is 25.3 Å². The van der Waals surface area contributed by atoms with Crippen molar-refractivity contribution >= 4 is 11.7 Å². The summed E-state index contributed by atoms with van der Waals surface area (Å²) in [7, 11) is 1.79. The third-order valence-electron chi connectivity index (χ3n) is 3.30. The van der Waals surface area contributed by atoms with Gasteiger partial charge in [0.2, 0.25) is 0 Å². The number of nitrogens with two attached hydrogens (primary N) is 1. The molecule has 0 aliphatic rings. The molecule has 4 nitrogen and oxygen atoms in total. The Bertz CT molecular complexity index is 400. The summed E-state index contributed by atoms with van der Waals surface area (Å²) in [4.78, 5) is 13.6. The van der Waals surface area contributed by atoms with Crippen LogP contribution in [0.2, 0.25) is 0 Å². The van der Waals surface area contributed by atoms with Crippen LogP contribution in [0.3, 0.4) is 0 Å². The second kappa shape index (κ2) is 7.14. The number of anilines is 1. The van der Waals surface area contributed by atoms with Gasteiger partial charge in [0.1, 0.15) is 0 Å². The molecule has 1 aromatic rings. The van der Waals surface area contributed by atoms with Gasteiger partial charge in [0.15, 0.2) is 0 Å². The number of nitrogens with one attached hydrogen (secondary N) is 1. The van der Waals surface area contributed by atoms with Crippen LogP contribution in [0, 0.1) is 12.8 Å². The highest BCUT2D eigenvalue weighted by molar-refractivity contribution is 5.89. The molecule has 3 N–H and O–H groups in total. The van der Waals surface area contributed by atoms with Crippen LogP contribution in [0.1, 0.15) is 25.8 Å². The van der Waals surface area contributed by atoms with E-state index in [1.165, 1.54) is 5.56 Å². The van der Waals surface area contributed by atoms with E-state index in [2.05, 4.69) is 19.2 Å². The number of nitrogens with zero attached hydrogens (tertiary/aromatic N) is 1. The summed E-state index contributed by atoms with van der Waals surface area (Å²) in [5.74, 6) is 0.438. The summed E-state index contributed by atoms with van der Waals surface area (Å²) in [6.45, 7) is 6.87. The van der Waals surface area contributed by atoms with Crippen LogP contribution in [-0.4, -0.2) is 30.6 Å². The highest BCUT2D eigenvalue weighted by Crippen LogP contribution is 2.10. The summed E-state index contributed by atoms with van der Waals surface area (Å²) in [6, 6.07) is 7.80. The van der Waals surface area contributed by atoms with E-state index >= 15 is 0 Å². The first-order valence-electron chi connectivity index (χ1n) is 6.74. The zero-order valence-corrected chi connectivity index (χ0v) is 12.3. The van der Waals surface area contributed by atoms with E-state index in [0.717, 1.165) is 12.1 Å². The number of aryl methyl sites for hydroxylation is 1. The SMILES string of the molecule is Cc1ccc(NC(=O)N(C)CCC(N)C(C)C)cc1. The first-order chi connectivity index (χ1) is 8.90. The molecule has 0 saturated heterocycles. The summed E-state index contributed by atoms with van der Waals surface area (Å²) < 4.78 is 0. The monoisotopic (exact) mass is 263 g/mol. The van der Waals surface area contributed by atoms with Crippen molar-refractivity contribution in [3.63, 3.8) is 0 Å². The predicted molar refractivity (Wildman–Crippen MR) is 80.3 cm³/mol. The van der Waals surface area contributed by atoms with Crippen molar-refractivity contribution in [3.8, 4) is 0 Å². The van der Waals surface area contributed by atoms with Crippen LogP contribution in [0.25, 0.3) is 0 Å². The lowest BCUT2D eigenvalue weighted by atomic mass is 10.0. The van der Waals surface area contributed by atoms with Crippen LogP contribution in [-0.2, 0) is 0 Å². The average Bonchev–Trinajstić information content (AvgIpc) is 2.37. The first-order valence-corrected chi connectivity index (χ1v) is 6.74. The van der Waals surface area contributed by atoms with E-state index in [-0.39, 0.29) is 12.1 Å². The van der Waals surface area contributed by atoms with Gasteiger partial charge in [0.05, 0.1) is 0 Å². The van der Waals surface area contributed by atoms with Gasteiger partial charge in [-0.3, -0.25) is 0 Å². The molecule has 0 aromatic heterocycles. The molecule has 1 unspecified atom stereocenters. The summed E-state index contributed by atoms with van der Waals surface area (Å²) in [5.41, 5.74) is 7.97. The maximum absolute atomic E-state index is 12.0. The van der Waals surface area contributed by atoms with Gasteiger partial charge in [-0.15, -0.1) is 0 Å². The van der Waals surface area contributed by atoms with Gasteiger partial charge in [-0.25, -0.2) is 4.79 Å². The molecule has 1 rings (SSSR count). The molecule has 0 bridgehead atoms. The first kappa shape index (κ1) is 15.5. The fourth-order valence-electron chi connectivity index (χ4n) is 1.63. The third kappa shape index (κ3) is 5.30.